The highest BCUT2D eigenvalue weighted by atomic mass is 16.5. The second kappa shape index (κ2) is 8.63. The molecule has 0 heterocycles. The zero-order valence-electron chi connectivity index (χ0n) is 20.6. The average molecular weight is 435 g/mol. The number of esters is 1. The van der Waals surface area contributed by atoms with Crippen LogP contribution in [0.2, 0.25) is 0 Å². The summed E-state index contributed by atoms with van der Waals surface area (Å²) in [4.78, 5) is 11.7. The summed E-state index contributed by atoms with van der Waals surface area (Å²) in [5, 5.41) is 11.1. The minimum Gasteiger partial charge on any atom is -0.469 e. The van der Waals surface area contributed by atoms with E-state index in [9.17, 15) is 9.90 Å². The van der Waals surface area contributed by atoms with Crippen molar-refractivity contribution in [3.63, 3.8) is 0 Å². The summed E-state index contributed by atoms with van der Waals surface area (Å²) in [6.07, 6.45) is 12.5. The van der Waals surface area contributed by atoms with Gasteiger partial charge in [0.15, 0.2) is 0 Å². The second-order valence-electron chi connectivity index (χ2n) is 12.3. The molecule has 4 rings (SSSR count). The first-order valence-electron chi connectivity index (χ1n) is 12.9. The highest BCUT2D eigenvalue weighted by molar-refractivity contribution is 5.69. The molecule has 4 fully saturated rings. The van der Waals surface area contributed by atoms with Crippen LogP contribution >= 0.6 is 0 Å². The summed E-state index contributed by atoms with van der Waals surface area (Å²) in [5.74, 6) is 4.43. The van der Waals surface area contributed by atoms with Crippen LogP contribution in [0.1, 0.15) is 91.4 Å². The lowest BCUT2D eigenvalue weighted by molar-refractivity contribution is -0.163. The number of aliphatic hydroxyl groups is 1. The van der Waals surface area contributed by atoms with E-state index in [4.69, 9.17) is 9.47 Å². The Morgan fingerprint density at radius 3 is 2.45 bits per heavy atom. The molecule has 4 aliphatic rings. The van der Waals surface area contributed by atoms with Crippen molar-refractivity contribution in [1.29, 1.82) is 0 Å². The molecule has 31 heavy (non-hydrogen) atoms. The number of methoxy groups -OCH3 is 2. The molecule has 0 bridgehead atoms. The average Bonchev–Trinajstić information content (AvgIpc) is 3.10. The Morgan fingerprint density at radius 2 is 1.74 bits per heavy atom. The molecular formula is C27H46O4. The summed E-state index contributed by atoms with van der Waals surface area (Å²) in [6, 6.07) is 0. The van der Waals surface area contributed by atoms with Crippen LogP contribution in [-0.2, 0) is 14.3 Å². The summed E-state index contributed by atoms with van der Waals surface area (Å²) in [7, 11) is 3.22. The van der Waals surface area contributed by atoms with Gasteiger partial charge >= 0.3 is 5.97 Å². The first-order chi connectivity index (χ1) is 14.7. The molecule has 0 saturated heterocycles. The van der Waals surface area contributed by atoms with Crippen LogP contribution in [-0.4, -0.2) is 37.5 Å². The standard InChI is InChI=1S/C27H46O4/c1-18(6-11-24(28)31-5)21-9-10-22-20-8-7-19-16-27(29,17-30-4)15-14-25(19,2)23(20)12-13-26(21,22)3/h18-23,29H,6-17H2,1-5H3/t18-,19?,20?,21-,22?,23?,25+,26-,27-/m1/s1. The fraction of sp³-hybridized carbons (Fsp3) is 0.963. The molecule has 9 atom stereocenters. The minimum atomic E-state index is -0.609. The maximum absolute atomic E-state index is 11.7. The molecule has 4 aliphatic carbocycles. The van der Waals surface area contributed by atoms with Gasteiger partial charge < -0.3 is 14.6 Å². The fourth-order valence-electron chi connectivity index (χ4n) is 9.35. The highest BCUT2D eigenvalue weighted by Gasteiger charge is 2.61. The molecular weight excluding hydrogens is 388 g/mol. The van der Waals surface area contributed by atoms with Gasteiger partial charge in [-0.2, -0.15) is 0 Å². The number of rotatable bonds is 6. The van der Waals surface area contributed by atoms with Gasteiger partial charge in [0.1, 0.15) is 0 Å². The Balaban J connectivity index is 1.47. The third kappa shape index (κ3) is 3.98. The third-order valence-corrected chi connectivity index (χ3v) is 11.0. The van der Waals surface area contributed by atoms with Crippen LogP contribution in [0.25, 0.3) is 0 Å². The Morgan fingerprint density at radius 1 is 1.00 bits per heavy atom. The van der Waals surface area contributed by atoms with Crippen molar-refractivity contribution in [2.45, 2.75) is 97.0 Å². The first-order valence-corrected chi connectivity index (χ1v) is 12.9. The summed E-state index contributed by atoms with van der Waals surface area (Å²) < 4.78 is 10.3. The lowest BCUT2D eigenvalue weighted by Crippen LogP contribution is -2.56. The normalized spacial score (nSPS) is 47.7. The summed E-state index contributed by atoms with van der Waals surface area (Å²) in [5.41, 5.74) is 0.215. The van der Waals surface area contributed by atoms with Crippen molar-refractivity contribution in [2.24, 2.45) is 46.3 Å². The van der Waals surface area contributed by atoms with Gasteiger partial charge in [0, 0.05) is 13.5 Å². The minimum absolute atomic E-state index is 0.0627. The van der Waals surface area contributed by atoms with E-state index in [0.29, 0.717) is 35.7 Å². The zero-order valence-corrected chi connectivity index (χ0v) is 20.6. The molecule has 0 spiro atoms. The summed E-state index contributed by atoms with van der Waals surface area (Å²) in [6.45, 7) is 8.02. The van der Waals surface area contributed by atoms with Gasteiger partial charge in [0.25, 0.3) is 0 Å². The molecule has 178 valence electrons. The van der Waals surface area contributed by atoms with Crippen molar-refractivity contribution >= 4 is 5.97 Å². The van der Waals surface area contributed by atoms with Crippen molar-refractivity contribution in [1.82, 2.24) is 0 Å². The monoisotopic (exact) mass is 434 g/mol. The van der Waals surface area contributed by atoms with E-state index in [2.05, 4.69) is 20.8 Å². The van der Waals surface area contributed by atoms with Crippen molar-refractivity contribution < 1.29 is 19.4 Å². The van der Waals surface area contributed by atoms with E-state index in [1.165, 1.54) is 45.6 Å². The second-order valence-corrected chi connectivity index (χ2v) is 12.3. The molecule has 0 radical (unpaired) electrons. The van der Waals surface area contributed by atoms with E-state index >= 15 is 0 Å². The number of fused-ring (bicyclic) bond motifs is 5. The highest BCUT2D eigenvalue weighted by Crippen LogP contribution is 2.68. The van der Waals surface area contributed by atoms with Crippen molar-refractivity contribution in [2.75, 3.05) is 20.8 Å². The lowest BCUT2D eigenvalue weighted by atomic mass is 9.43. The molecule has 4 nitrogen and oxygen atoms in total. The van der Waals surface area contributed by atoms with Gasteiger partial charge in [-0.1, -0.05) is 20.8 Å². The molecule has 4 heteroatoms. The Bertz CT molecular complexity index is 664. The number of hydrogen-bond acceptors (Lipinski definition) is 4. The van der Waals surface area contributed by atoms with Gasteiger partial charge in [-0.25, -0.2) is 0 Å². The van der Waals surface area contributed by atoms with Crippen LogP contribution in [0.3, 0.4) is 0 Å². The van der Waals surface area contributed by atoms with Gasteiger partial charge in [-0.15, -0.1) is 0 Å². The third-order valence-electron chi connectivity index (χ3n) is 11.0. The van der Waals surface area contributed by atoms with Crippen LogP contribution < -0.4 is 0 Å². The fourth-order valence-corrected chi connectivity index (χ4v) is 9.35. The van der Waals surface area contributed by atoms with E-state index in [0.717, 1.165) is 49.4 Å². The summed E-state index contributed by atoms with van der Waals surface area (Å²) >= 11 is 0. The van der Waals surface area contributed by atoms with Crippen LogP contribution in [0, 0.1) is 46.3 Å². The number of hydrogen-bond donors (Lipinski definition) is 1. The molecule has 0 aromatic heterocycles. The quantitative estimate of drug-likeness (QED) is 0.552. The Kier molecular flexibility index (Phi) is 6.55. The lowest BCUT2D eigenvalue weighted by Gasteiger charge is -2.62. The SMILES string of the molecule is COC[C@@]1(O)CC[C@@]2(C)C(CCC3C2CC[C@@]2(C)C3CC[C@@H]2[C@H](C)CCC(=O)OC)C1. The largest absolute Gasteiger partial charge is 0.469 e. The van der Waals surface area contributed by atoms with Gasteiger partial charge in [-0.3, -0.25) is 4.79 Å². The molecule has 4 unspecified atom stereocenters. The van der Waals surface area contributed by atoms with Crippen molar-refractivity contribution in [3.8, 4) is 0 Å². The predicted octanol–water partition coefficient (Wildman–Crippen LogP) is 5.61. The van der Waals surface area contributed by atoms with E-state index in [1.807, 2.05) is 0 Å². The van der Waals surface area contributed by atoms with Crippen LogP contribution in [0.5, 0.6) is 0 Å². The molecule has 0 amide bonds. The molecule has 1 N–H and O–H groups in total. The van der Waals surface area contributed by atoms with Gasteiger partial charge in [-0.05, 0) is 111 Å². The molecule has 0 aromatic rings. The van der Waals surface area contributed by atoms with Crippen molar-refractivity contribution in [3.05, 3.63) is 0 Å². The number of carbonyl (C=O) groups excluding carboxylic acids is 1. The van der Waals surface area contributed by atoms with Gasteiger partial charge in [0.2, 0.25) is 0 Å². The van der Waals surface area contributed by atoms with Crippen LogP contribution in [0.4, 0.5) is 0 Å². The first kappa shape index (κ1) is 23.5. The molecule has 0 aliphatic heterocycles. The maximum Gasteiger partial charge on any atom is 0.305 e. The topological polar surface area (TPSA) is 55.8 Å². The maximum atomic E-state index is 11.7. The molecule has 0 aromatic carbocycles. The van der Waals surface area contributed by atoms with E-state index in [-0.39, 0.29) is 5.97 Å². The van der Waals surface area contributed by atoms with E-state index < -0.39 is 5.60 Å². The smallest absolute Gasteiger partial charge is 0.305 e. The van der Waals surface area contributed by atoms with E-state index in [1.54, 1.807) is 7.11 Å². The Labute approximate surface area is 189 Å². The van der Waals surface area contributed by atoms with Crippen LogP contribution in [0.15, 0.2) is 0 Å². The molecule has 4 saturated carbocycles. The van der Waals surface area contributed by atoms with Gasteiger partial charge in [0.05, 0.1) is 19.3 Å². The number of ether oxygens (including phenoxy) is 2. The zero-order chi connectivity index (χ0) is 22.4. The predicted molar refractivity (Wildman–Crippen MR) is 122 cm³/mol. The Hall–Kier alpha value is -0.610. The number of carbonyl (C=O) groups is 1.